The van der Waals surface area contributed by atoms with Crippen LogP contribution >= 0.6 is 0 Å². The molecule has 0 radical (unpaired) electrons. The Morgan fingerprint density at radius 2 is 1.83 bits per heavy atom. The maximum atomic E-state index is 5.29. The predicted molar refractivity (Wildman–Crippen MR) is 43.2 cm³/mol. The summed E-state index contributed by atoms with van der Waals surface area (Å²) in [5.41, 5.74) is 0. The fourth-order valence-corrected chi connectivity index (χ4v) is 0.761. The third-order valence-electron chi connectivity index (χ3n) is 1.21. The van der Waals surface area contributed by atoms with Gasteiger partial charge in [0.25, 0.3) is 0 Å². The molecule has 1 atom stereocenters. The molecule has 0 spiro atoms. The normalized spacial score (nSPS) is 12.2. The monoisotopic (exact) mass is 428 g/mol. The number of ether oxygens (including phenoxy) is 3. The van der Waals surface area contributed by atoms with E-state index in [0.29, 0.717) is 26.4 Å². The van der Waals surface area contributed by atoms with Crippen LogP contribution in [0.15, 0.2) is 0 Å². The molecule has 70 valence electrons. The van der Waals surface area contributed by atoms with Gasteiger partial charge in [-0.1, -0.05) is 0 Å². The van der Waals surface area contributed by atoms with E-state index < -0.39 is 0 Å². The van der Waals surface area contributed by atoms with E-state index in [-0.39, 0.29) is 6.10 Å². The summed E-state index contributed by atoms with van der Waals surface area (Å²) >= 11 is 0. The zero-order valence-electron chi connectivity index (χ0n) is 8.04. The molecule has 0 saturated heterocycles. The molecule has 3 nitrogen and oxygen atoms in total. The van der Waals surface area contributed by atoms with Crippen LogP contribution in [0, 0.1) is 7.11 Å². The largest absolute Gasteiger partial charge is 0.553 e. The van der Waals surface area contributed by atoms with Crippen molar-refractivity contribution >= 4 is 0 Å². The van der Waals surface area contributed by atoms with Gasteiger partial charge >= 0.3 is 0 Å². The van der Waals surface area contributed by atoms with Gasteiger partial charge in [-0.25, -0.2) is 7.11 Å². The zero-order chi connectivity index (χ0) is 8.53. The molecule has 12 heavy (non-hydrogen) atoms. The Hall–Kier alpha value is -1.12. The molecule has 0 aliphatic carbocycles. The summed E-state index contributed by atoms with van der Waals surface area (Å²) in [4.78, 5) is 0. The van der Waals surface area contributed by atoms with Gasteiger partial charge < -0.3 is 14.2 Å². The Labute approximate surface area is 68.6 Å². The minimum absolute atomic E-state index is 0. The third-order valence-corrected chi connectivity index (χ3v) is 1.21. The van der Waals surface area contributed by atoms with Crippen molar-refractivity contribution in [3.8, 4) is 0 Å². The summed E-state index contributed by atoms with van der Waals surface area (Å²) < 4.78 is 15.2. The number of rotatable bonds is 7. The quantitative estimate of drug-likeness (QED) is 0.572. The van der Waals surface area contributed by atoms with Gasteiger partial charge in [0.15, 0.2) is 0 Å². The van der Waals surface area contributed by atoms with Gasteiger partial charge in [0.05, 0.1) is 6.61 Å². The van der Waals surface area contributed by atoms with Crippen molar-refractivity contribution in [1.29, 1.82) is 0 Å². The van der Waals surface area contributed by atoms with Crippen molar-refractivity contribution in [1.82, 2.24) is 0 Å². The minimum Gasteiger partial charge on any atom is -0.553 e. The first kappa shape index (κ1) is 13.5. The summed E-state index contributed by atoms with van der Waals surface area (Å²) in [6.07, 6.45) is 0.0254. The molecule has 0 bridgehead atoms. The minimum atomic E-state index is 0. The Morgan fingerprint density at radius 3 is 2.25 bits per heavy atom. The second kappa shape index (κ2) is 9.88. The topological polar surface area (TPSA) is 27.7 Å². The third kappa shape index (κ3) is 6.99. The van der Waals surface area contributed by atoms with E-state index in [9.17, 15) is 0 Å². The average molecular weight is 428 g/mol. The summed E-state index contributed by atoms with van der Waals surface area (Å²) in [5, 5.41) is 0. The second-order valence-electron chi connectivity index (χ2n) is 2.11. The molecule has 0 N–H and O–H groups in total. The summed E-state index contributed by atoms with van der Waals surface area (Å²) in [5.74, 6) is 0. The van der Waals surface area contributed by atoms with E-state index in [2.05, 4.69) is 7.11 Å². The summed E-state index contributed by atoms with van der Waals surface area (Å²) in [6, 6.07) is 0. The van der Waals surface area contributed by atoms with Gasteiger partial charge in [0.2, 0.25) is 0 Å². The molecule has 1 unspecified atom stereocenters. The fraction of sp³-hybridized carbons (Fsp3) is 0.875. The van der Waals surface area contributed by atoms with Crippen molar-refractivity contribution in [2.24, 2.45) is 0 Å². The molecule has 0 heterocycles. The Kier molecular flexibility index (Phi) is 11.1. The number of hydrogen-bond donors (Lipinski definition) is 0. The van der Waals surface area contributed by atoms with Crippen LogP contribution in [0.1, 0.15) is 13.8 Å². The van der Waals surface area contributed by atoms with Crippen LogP contribution in [0.5, 0.6) is 0 Å². The van der Waals surface area contributed by atoms with Gasteiger partial charge in [-0.2, -0.15) is 0 Å². The molecule has 4 heteroatoms. The summed E-state index contributed by atoms with van der Waals surface area (Å²) in [6.45, 7) is 6.37. The molecule has 0 fully saturated rings. The van der Waals surface area contributed by atoms with Crippen molar-refractivity contribution in [3.63, 3.8) is 0 Å². The van der Waals surface area contributed by atoms with E-state index in [1.165, 1.54) is 0 Å². The van der Waals surface area contributed by atoms with Gasteiger partial charge in [-0.15, -0.1) is 0 Å². The Morgan fingerprint density at radius 1 is 1.17 bits per heavy atom. The standard InChI is InChI=1S/C8H17O3.Rf/c1-4-10-7-8(6-9-3)11-5-2;/h8H,3-7H2,1-2H3;/q-1;. The molecule has 0 saturated carbocycles. The first-order valence-corrected chi connectivity index (χ1v) is 3.91. The van der Waals surface area contributed by atoms with E-state index in [0.717, 1.165) is 0 Å². The van der Waals surface area contributed by atoms with Gasteiger partial charge in [0.1, 0.15) is 6.10 Å². The molecule has 0 aliphatic heterocycles. The van der Waals surface area contributed by atoms with Crippen LogP contribution in [-0.2, 0) is 14.2 Å². The van der Waals surface area contributed by atoms with Crippen molar-refractivity contribution in [2.75, 3.05) is 26.4 Å². The maximum absolute atomic E-state index is 5.29. The average Bonchev–Trinajstić information content (AvgIpc) is 2.01. The van der Waals surface area contributed by atoms with Crippen LogP contribution in [-0.4, -0.2) is 32.5 Å². The van der Waals surface area contributed by atoms with E-state index in [4.69, 9.17) is 14.2 Å². The van der Waals surface area contributed by atoms with Gasteiger partial charge in [0, 0.05) is 19.8 Å². The molecule has 0 aromatic heterocycles. The first-order valence-electron chi connectivity index (χ1n) is 3.91. The van der Waals surface area contributed by atoms with Crippen molar-refractivity contribution in [2.45, 2.75) is 20.0 Å². The van der Waals surface area contributed by atoms with E-state index >= 15 is 0 Å². The molecule has 0 aromatic carbocycles. The molecule has 0 aromatic rings. The zero-order valence-corrected chi connectivity index (χ0v) is 14.4. The first-order chi connectivity index (χ1) is 5.35. The maximum Gasteiger partial charge on any atom is 0.101 e. The van der Waals surface area contributed by atoms with Crippen molar-refractivity contribution < 1.29 is 14.2 Å². The van der Waals surface area contributed by atoms with Crippen LogP contribution in [0.25, 0.3) is 0 Å². The van der Waals surface area contributed by atoms with Gasteiger partial charge in [-0.3, -0.25) is 0 Å². The van der Waals surface area contributed by atoms with Crippen LogP contribution in [0.2, 0.25) is 0 Å². The van der Waals surface area contributed by atoms with Crippen LogP contribution < -0.4 is 0 Å². The second-order valence-corrected chi connectivity index (χ2v) is 2.11. The number of hydrogen-bond acceptors (Lipinski definition) is 3. The SMILES string of the molecule is [CH2-]OCC(COCC)OCC.[Rf]. The fourth-order valence-electron chi connectivity index (χ4n) is 0.761. The van der Waals surface area contributed by atoms with E-state index in [1.54, 1.807) is 0 Å². The molecular formula is C8H17O3Rf-. The Bertz CT molecular complexity index is 74.7. The van der Waals surface area contributed by atoms with Crippen LogP contribution in [0.4, 0.5) is 0 Å². The van der Waals surface area contributed by atoms with Crippen molar-refractivity contribution in [3.05, 3.63) is 7.11 Å². The molecule has 0 amide bonds. The predicted octanol–water partition coefficient (Wildman–Crippen LogP) is 1.24. The Balaban J connectivity index is 0. The van der Waals surface area contributed by atoms with Gasteiger partial charge in [-0.05, 0) is 13.8 Å². The van der Waals surface area contributed by atoms with Crippen LogP contribution in [0.3, 0.4) is 0 Å². The summed E-state index contributed by atoms with van der Waals surface area (Å²) in [7, 11) is 3.28. The molecule has 0 rings (SSSR count). The smallest absolute Gasteiger partial charge is 0.101 e. The van der Waals surface area contributed by atoms with E-state index in [1.807, 2.05) is 13.8 Å². The molecular weight excluding hydrogens is 411 g/mol. The molecule has 0 aliphatic rings.